The Morgan fingerprint density at radius 2 is 1.84 bits per heavy atom. The summed E-state index contributed by atoms with van der Waals surface area (Å²) in [6, 6.07) is 17.7. The molecule has 1 amide bonds. The maximum atomic E-state index is 12.6. The van der Waals surface area contributed by atoms with Crippen LogP contribution in [0.2, 0.25) is 5.02 Å². The molecule has 0 bridgehead atoms. The number of hydrogen-bond acceptors (Lipinski definition) is 3. The lowest BCUT2D eigenvalue weighted by Crippen LogP contribution is -2.19. The van der Waals surface area contributed by atoms with E-state index in [4.69, 9.17) is 11.6 Å². The van der Waals surface area contributed by atoms with E-state index in [2.05, 4.69) is 17.5 Å². The minimum Gasteiger partial charge on any atom is -0.266 e. The summed E-state index contributed by atoms with van der Waals surface area (Å²) in [5, 5.41) is 5.77. The van der Waals surface area contributed by atoms with Crippen LogP contribution in [0, 0.1) is 0 Å². The second-order valence-corrected chi connectivity index (χ2v) is 7.14. The van der Waals surface area contributed by atoms with Crippen LogP contribution >= 0.6 is 22.9 Å². The topological polar surface area (TPSA) is 41.5 Å². The zero-order valence-electron chi connectivity index (χ0n) is 14.0. The molecule has 0 aliphatic heterocycles. The molecule has 1 aromatic heterocycles. The molecule has 0 aliphatic carbocycles. The summed E-state index contributed by atoms with van der Waals surface area (Å²) >= 11 is 7.75. The molecule has 5 heteroatoms. The smallest absolute Gasteiger partial charge is 0.266 e. The van der Waals surface area contributed by atoms with Gasteiger partial charge in [-0.05, 0) is 24.5 Å². The molecule has 0 unspecified atom stereocenters. The average molecular weight is 371 g/mol. The van der Waals surface area contributed by atoms with Gasteiger partial charge in [-0.1, -0.05) is 73.5 Å². The third-order valence-electron chi connectivity index (χ3n) is 3.91. The van der Waals surface area contributed by atoms with E-state index in [0.717, 1.165) is 40.6 Å². The molecule has 3 aromatic rings. The van der Waals surface area contributed by atoms with E-state index in [1.54, 1.807) is 0 Å². The van der Waals surface area contributed by atoms with Crippen molar-refractivity contribution < 1.29 is 4.79 Å². The molecule has 0 saturated carbocycles. The van der Waals surface area contributed by atoms with Gasteiger partial charge in [0.1, 0.15) is 4.88 Å². The second kappa shape index (κ2) is 8.28. The first kappa shape index (κ1) is 17.6. The minimum absolute atomic E-state index is 0.267. The highest BCUT2D eigenvalue weighted by molar-refractivity contribution is 7.21. The molecule has 3 nitrogen and oxygen atoms in total. The van der Waals surface area contributed by atoms with Crippen molar-refractivity contribution in [3.05, 3.63) is 70.1 Å². The largest absolute Gasteiger partial charge is 0.283 e. The van der Waals surface area contributed by atoms with Gasteiger partial charge in [0, 0.05) is 10.1 Å². The van der Waals surface area contributed by atoms with E-state index >= 15 is 0 Å². The number of halogens is 1. The molecule has 1 heterocycles. The first-order chi connectivity index (χ1) is 12.2. The first-order valence-electron chi connectivity index (χ1n) is 8.30. The van der Waals surface area contributed by atoms with Gasteiger partial charge in [0.15, 0.2) is 0 Å². The van der Waals surface area contributed by atoms with E-state index in [1.165, 1.54) is 11.3 Å². The second-order valence-electron chi connectivity index (χ2n) is 5.71. The molecule has 0 radical (unpaired) electrons. The Morgan fingerprint density at radius 1 is 1.12 bits per heavy atom. The highest BCUT2D eigenvalue weighted by Gasteiger charge is 2.16. The highest BCUT2D eigenvalue weighted by Crippen LogP contribution is 2.34. The number of nitrogens with one attached hydrogen (secondary N) is 1. The number of rotatable bonds is 6. The van der Waals surface area contributed by atoms with Crippen LogP contribution in [0.5, 0.6) is 0 Å². The number of unbranched alkanes of at least 4 members (excludes halogenated alkanes) is 1. The van der Waals surface area contributed by atoms with E-state index in [0.29, 0.717) is 9.90 Å². The van der Waals surface area contributed by atoms with E-state index < -0.39 is 0 Å². The summed E-state index contributed by atoms with van der Waals surface area (Å²) in [6.45, 7) is 2.14. The number of carbonyl (C=O) groups excluding carboxylic acids is 1. The molecule has 128 valence electrons. The Kier molecular flexibility index (Phi) is 5.84. The van der Waals surface area contributed by atoms with Crippen LogP contribution in [-0.2, 0) is 0 Å². The van der Waals surface area contributed by atoms with Crippen molar-refractivity contribution in [2.45, 2.75) is 26.2 Å². The molecule has 3 rings (SSSR count). The highest BCUT2D eigenvalue weighted by atomic mass is 35.5. The van der Waals surface area contributed by atoms with Gasteiger partial charge in [-0.3, -0.25) is 4.79 Å². The number of carbonyl (C=O) groups is 1. The molecular formula is C20H19ClN2OS. The summed E-state index contributed by atoms with van der Waals surface area (Å²) < 4.78 is 0.996. The normalized spacial score (nSPS) is 11.7. The van der Waals surface area contributed by atoms with Crippen LogP contribution in [0.25, 0.3) is 10.1 Å². The predicted octanol–water partition coefficient (Wildman–Crippen LogP) is 5.88. The fraction of sp³-hybridized carbons (Fsp3) is 0.200. The van der Waals surface area contributed by atoms with Crippen molar-refractivity contribution in [3.8, 4) is 0 Å². The van der Waals surface area contributed by atoms with Crippen LogP contribution in [0.1, 0.15) is 41.4 Å². The van der Waals surface area contributed by atoms with Crippen molar-refractivity contribution in [1.82, 2.24) is 5.43 Å². The quantitative estimate of drug-likeness (QED) is 0.427. The van der Waals surface area contributed by atoms with Gasteiger partial charge in [0.2, 0.25) is 0 Å². The Bertz CT molecular complexity index is 902. The number of nitrogens with zero attached hydrogens (tertiary/aromatic N) is 1. The van der Waals surface area contributed by atoms with E-state index in [-0.39, 0.29) is 5.91 Å². The lowest BCUT2D eigenvalue weighted by Gasteiger charge is -2.06. The van der Waals surface area contributed by atoms with Gasteiger partial charge < -0.3 is 0 Å². The number of thiophene rings is 1. The maximum absolute atomic E-state index is 12.6. The lowest BCUT2D eigenvalue weighted by molar-refractivity contribution is 0.0959. The molecule has 1 N–H and O–H groups in total. The standard InChI is InChI=1S/C20H19ClN2OS/c1-2-3-12-16(14-9-5-4-6-10-14)22-23-20(24)19-18(21)15-11-7-8-13-17(15)25-19/h4-11,13H,2-3,12H2,1H3,(H,23,24)/b22-16+. The van der Waals surface area contributed by atoms with Gasteiger partial charge >= 0.3 is 0 Å². The van der Waals surface area contributed by atoms with Gasteiger partial charge in [-0.15, -0.1) is 11.3 Å². The van der Waals surface area contributed by atoms with Gasteiger partial charge in [-0.25, -0.2) is 5.43 Å². The molecule has 0 saturated heterocycles. The fourth-order valence-electron chi connectivity index (χ4n) is 2.57. The van der Waals surface area contributed by atoms with Crippen molar-refractivity contribution in [3.63, 3.8) is 0 Å². The molecule has 0 fully saturated rings. The number of hydrogen-bond donors (Lipinski definition) is 1. The van der Waals surface area contributed by atoms with Crippen LogP contribution in [0.3, 0.4) is 0 Å². The Balaban J connectivity index is 1.84. The zero-order valence-corrected chi connectivity index (χ0v) is 15.5. The first-order valence-corrected chi connectivity index (χ1v) is 9.49. The molecule has 25 heavy (non-hydrogen) atoms. The molecule has 0 atom stereocenters. The average Bonchev–Trinajstić information content (AvgIpc) is 2.99. The van der Waals surface area contributed by atoms with Crippen LogP contribution in [0.4, 0.5) is 0 Å². The van der Waals surface area contributed by atoms with Gasteiger partial charge in [0.05, 0.1) is 10.7 Å². The molecule has 2 aromatic carbocycles. The Hall–Kier alpha value is -2.17. The number of benzene rings is 2. The SMILES string of the molecule is CCCC/C(=N\NC(=O)c1sc2ccccc2c1Cl)c1ccccc1. The monoisotopic (exact) mass is 370 g/mol. The number of hydrazone groups is 1. The number of amides is 1. The maximum Gasteiger partial charge on any atom is 0.283 e. The third kappa shape index (κ3) is 4.09. The Morgan fingerprint density at radius 3 is 2.56 bits per heavy atom. The van der Waals surface area contributed by atoms with Crippen molar-refractivity contribution >= 4 is 44.6 Å². The number of fused-ring (bicyclic) bond motifs is 1. The fourth-order valence-corrected chi connectivity index (χ4v) is 3.98. The van der Waals surface area contributed by atoms with Crippen molar-refractivity contribution in [1.29, 1.82) is 0 Å². The van der Waals surface area contributed by atoms with Crippen molar-refractivity contribution in [2.75, 3.05) is 0 Å². The summed E-state index contributed by atoms with van der Waals surface area (Å²) in [6.07, 6.45) is 2.91. The van der Waals surface area contributed by atoms with E-state index in [1.807, 2.05) is 54.6 Å². The van der Waals surface area contributed by atoms with E-state index in [9.17, 15) is 4.79 Å². The van der Waals surface area contributed by atoms with Crippen LogP contribution in [0.15, 0.2) is 59.7 Å². The predicted molar refractivity (Wildman–Crippen MR) is 107 cm³/mol. The van der Waals surface area contributed by atoms with Gasteiger partial charge in [0.25, 0.3) is 5.91 Å². The van der Waals surface area contributed by atoms with Gasteiger partial charge in [-0.2, -0.15) is 5.10 Å². The summed E-state index contributed by atoms with van der Waals surface area (Å²) in [5.74, 6) is -0.267. The minimum atomic E-state index is -0.267. The lowest BCUT2D eigenvalue weighted by atomic mass is 10.1. The van der Waals surface area contributed by atoms with Crippen LogP contribution in [-0.4, -0.2) is 11.6 Å². The third-order valence-corrected chi connectivity index (χ3v) is 5.58. The Labute approximate surface area is 156 Å². The molecule has 0 spiro atoms. The summed E-state index contributed by atoms with van der Waals surface area (Å²) in [4.78, 5) is 13.0. The molecular weight excluding hydrogens is 352 g/mol. The van der Waals surface area contributed by atoms with Crippen LogP contribution < -0.4 is 5.43 Å². The zero-order chi connectivity index (χ0) is 17.6. The summed E-state index contributed by atoms with van der Waals surface area (Å²) in [5.41, 5.74) is 4.59. The molecule has 0 aliphatic rings. The van der Waals surface area contributed by atoms with Crippen molar-refractivity contribution in [2.24, 2.45) is 5.10 Å². The summed E-state index contributed by atoms with van der Waals surface area (Å²) in [7, 11) is 0.